The molecule has 3 aromatic carbocycles. The van der Waals surface area contributed by atoms with Crippen LogP contribution < -0.4 is 14.8 Å². The van der Waals surface area contributed by atoms with Gasteiger partial charge in [-0.05, 0) is 31.2 Å². The number of hydrogen-bond acceptors (Lipinski definition) is 4. The van der Waals surface area contributed by atoms with Crippen LogP contribution in [0.5, 0.6) is 11.5 Å². The molecule has 0 amide bonds. The van der Waals surface area contributed by atoms with Crippen LogP contribution in [0.3, 0.4) is 0 Å². The summed E-state index contributed by atoms with van der Waals surface area (Å²) in [6, 6.07) is 14.2. The Kier molecular flexibility index (Phi) is 6.61. The van der Waals surface area contributed by atoms with E-state index in [1.807, 2.05) is 37.4 Å². The first-order chi connectivity index (χ1) is 15.9. The van der Waals surface area contributed by atoms with Crippen LogP contribution in [0, 0.1) is 18.6 Å². The van der Waals surface area contributed by atoms with Crippen molar-refractivity contribution in [2.45, 2.75) is 18.4 Å². The molecule has 3 aromatic rings. The van der Waals surface area contributed by atoms with E-state index in [0.29, 0.717) is 23.4 Å². The average molecular weight is 474 g/mol. The van der Waals surface area contributed by atoms with E-state index >= 15 is 8.78 Å². The predicted octanol–water partition coefficient (Wildman–Crippen LogP) is 5.84. The lowest BCUT2D eigenvalue weighted by Crippen LogP contribution is -2.45. The van der Waals surface area contributed by atoms with Crippen LogP contribution in [-0.2, 0) is 10.3 Å². The lowest BCUT2D eigenvalue weighted by Gasteiger charge is -2.35. The van der Waals surface area contributed by atoms with Gasteiger partial charge in [0.25, 0.3) is 0 Å². The summed E-state index contributed by atoms with van der Waals surface area (Å²) in [5, 5.41) is 3.04. The number of methoxy groups -OCH3 is 2. The Morgan fingerprint density at radius 2 is 1.82 bits per heavy atom. The number of nitrogens with one attached hydrogen (secondary N) is 1. The summed E-state index contributed by atoms with van der Waals surface area (Å²) in [5.74, 6) is -1.32. The van der Waals surface area contributed by atoms with E-state index in [9.17, 15) is 0 Å². The van der Waals surface area contributed by atoms with Crippen LogP contribution in [-0.4, -0.2) is 34.4 Å². The van der Waals surface area contributed by atoms with E-state index in [1.165, 1.54) is 13.2 Å². The number of rotatable bonds is 7. The normalized spacial score (nSPS) is 19.3. The SMILES string of the molecule is CNC[C@]1(c2ccccc2)Oc2cc(F)c(Cl)c(-c3c(C)ccc(OC)c3F)c2[C@@H]1COC. The molecule has 0 saturated carbocycles. The summed E-state index contributed by atoms with van der Waals surface area (Å²) in [4.78, 5) is 0. The molecular weight excluding hydrogens is 448 g/mol. The van der Waals surface area contributed by atoms with Crippen molar-refractivity contribution < 1.29 is 23.0 Å². The second-order valence-corrected chi connectivity index (χ2v) is 8.51. The number of hydrogen-bond donors (Lipinski definition) is 1. The second kappa shape index (κ2) is 9.29. The molecule has 0 bridgehead atoms. The highest BCUT2D eigenvalue weighted by atomic mass is 35.5. The van der Waals surface area contributed by atoms with Crippen molar-refractivity contribution >= 4 is 11.6 Å². The zero-order chi connectivity index (χ0) is 23.8. The number of fused-ring (bicyclic) bond motifs is 1. The Bertz CT molecular complexity index is 1170. The molecule has 2 atom stereocenters. The van der Waals surface area contributed by atoms with Crippen LogP contribution in [0.25, 0.3) is 11.1 Å². The first-order valence-corrected chi connectivity index (χ1v) is 11.0. The van der Waals surface area contributed by atoms with Gasteiger partial charge in [-0.3, -0.25) is 0 Å². The van der Waals surface area contributed by atoms with Crippen molar-refractivity contribution in [3.8, 4) is 22.6 Å². The zero-order valence-corrected chi connectivity index (χ0v) is 19.7. The summed E-state index contributed by atoms with van der Waals surface area (Å²) in [6.45, 7) is 2.42. The van der Waals surface area contributed by atoms with Crippen molar-refractivity contribution in [1.29, 1.82) is 0 Å². The fourth-order valence-electron chi connectivity index (χ4n) is 4.80. The summed E-state index contributed by atoms with van der Waals surface area (Å²) in [7, 11) is 4.80. The molecule has 7 heteroatoms. The Morgan fingerprint density at radius 1 is 1.09 bits per heavy atom. The molecule has 174 valence electrons. The van der Waals surface area contributed by atoms with Gasteiger partial charge in [0.05, 0.1) is 24.7 Å². The number of likely N-dealkylation sites (N-methyl/N-ethyl adjacent to an activating group) is 1. The summed E-state index contributed by atoms with van der Waals surface area (Å²) in [6.07, 6.45) is 0. The minimum absolute atomic E-state index is 0.0523. The van der Waals surface area contributed by atoms with Crippen molar-refractivity contribution in [2.75, 3.05) is 34.4 Å². The first kappa shape index (κ1) is 23.5. The molecule has 33 heavy (non-hydrogen) atoms. The second-order valence-electron chi connectivity index (χ2n) is 8.13. The maximum absolute atomic E-state index is 15.6. The molecule has 0 unspecified atom stereocenters. The number of ether oxygens (including phenoxy) is 3. The molecule has 0 aromatic heterocycles. The highest BCUT2D eigenvalue weighted by Crippen LogP contribution is 2.56. The molecule has 0 aliphatic carbocycles. The highest BCUT2D eigenvalue weighted by Gasteiger charge is 2.51. The molecule has 1 heterocycles. The van der Waals surface area contributed by atoms with Gasteiger partial charge in [-0.25, -0.2) is 8.78 Å². The zero-order valence-electron chi connectivity index (χ0n) is 19.0. The molecular formula is C26H26ClF2NO3. The third-order valence-electron chi connectivity index (χ3n) is 6.25. The fourth-order valence-corrected chi connectivity index (χ4v) is 5.05. The predicted molar refractivity (Wildman–Crippen MR) is 125 cm³/mol. The minimum Gasteiger partial charge on any atom is -0.494 e. The van der Waals surface area contributed by atoms with Crippen LogP contribution in [0.1, 0.15) is 22.6 Å². The number of aryl methyl sites for hydroxylation is 1. The number of benzene rings is 3. The molecule has 0 fully saturated rings. The summed E-state index contributed by atoms with van der Waals surface area (Å²) in [5.41, 5.74) is 1.64. The van der Waals surface area contributed by atoms with E-state index in [-0.39, 0.29) is 28.5 Å². The smallest absolute Gasteiger partial charge is 0.173 e. The van der Waals surface area contributed by atoms with Gasteiger partial charge in [-0.2, -0.15) is 0 Å². The van der Waals surface area contributed by atoms with Crippen LogP contribution >= 0.6 is 11.6 Å². The third kappa shape index (κ3) is 3.76. The molecule has 0 spiro atoms. The van der Waals surface area contributed by atoms with Gasteiger partial charge >= 0.3 is 0 Å². The van der Waals surface area contributed by atoms with Crippen LogP contribution in [0.15, 0.2) is 48.5 Å². The molecule has 0 radical (unpaired) electrons. The monoisotopic (exact) mass is 473 g/mol. The van der Waals surface area contributed by atoms with Gasteiger partial charge in [0.15, 0.2) is 17.2 Å². The Morgan fingerprint density at radius 3 is 2.45 bits per heavy atom. The average Bonchev–Trinajstić information content (AvgIpc) is 3.11. The van der Waals surface area contributed by atoms with Gasteiger partial charge in [0, 0.05) is 36.4 Å². The quantitative estimate of drug-likeness (QED) is 0.468. The highest BCUT2D eigenvalue weighted by molar-refractivity contribution is 6.34. The molecule has 1 aliphatic heterocycles. The largest absolute Gasteiger partial charge is 0.494 e. The molecule has 1 aliphatic rings. The van der Waals surface area contributed by atoms with Crippen LogP contribution in [0.4, 0.5) is 8.78 Å². The molecule has 4 rings (SSSR count). The van der Waals surface area contributed by atoms with Gasteiger partial charge < -0.3 is 19.5 Å². The van der Waals surface area contributed by atoms with E-state index in [4.69, 9.17) is 25.8 Å². The summed E-state index contributed by atoms with van der Waals surface area (Å²) < 4.78 is 48.0. The van der Waals surface area contributed by atoms with Crippen LogP contribution in [0.2, 0.25) is 5.02 Å². The Hall–Kier alpha value is -2.67. The fraction of sp³-hybridized carbons (Fsp3) is 0.308. The summed E-state index contributed by atoms with van der Waals surface area (Å²) >= 11 is 6.54. The molecule has 0 saturated heterocycles. The molecule has 1 N–H and O–H groups in total. The number of halogens is 3. The van der Waals surface area contributed by atoms with E-state index < -0.39 is 23.2 Å². The third-order valence-corrected chi connectivity index (χ3v) is 6.61. The van der Waals surface area contributed by atoms with Gasteiger partial charge in [-0.1, -0.05) is 48.0 Å². The van der Waals surface area contributed by atoms with E-state index in [0.717, 1.165) is 5.56 Å². The van der Waals surface area contributed by atoms with E-state index in [2.05, 4.69) is 5.32 Å². The lowest BCUT2D eigenvalue weighted by atomic mass is 9.76. The topological polar surface area (TPSA) is 39.7 Å². The first-order valence-electron chi connectivity index (χ1n) is 10.6. The van der Waals surface area contributed by atoms with Gasteiger partial charge in [0.1, 0.15) is 11.6 Å². The van der Waals surface area contributed by atoms with E-state index in [1.54, 1.807) is 26.2 Å². The van der Waals surface area contributed by atoms with Crippen molar-refractivity contribution in [2.24, 2.45) is 0 Å². The van der Waals surface area contributed by atoms with Crippen molar-refractivity contribution in [3.05, 3.63) is 81.9 Å². The lowest BCUT2D eigenvalue weighted by molar-refractivity contribution is 0.0327. The Labute approximate surface area is 197 Å². The van der Waals surface area contributed by atoms with Crippen molar-refractivity contribution in [3.63, 3.8) is 0 Å². The van der Waals surface area contributed by atoms with Gasteiger partial charge in [0.2, 0.25) is 0 Å². The maximum atomic E-state index is 15.6. The van der Waals surface area contributed by atoms with Crippen molar-refractivity contribution in [1.82, 2.24) is 5.32 Å². The molecule has 4 nitrogen and oxygen atoms in total. The minimum atomic E-state index is -0.913. The Balaban J connectivity index is 2.06. The maximum Gasteiger partial charge on any atom is 0.173 e. The van der Waals surface area contributed by atoms with Gasteiger partial charge in [-0.15, -0.1) is 0 Å². The standard InChI is InChI=1S/C26H26ClF2NO3/c1-15-10-11-19(32-4)25(29)21(15)23-22-17(13-31-3)26(14-30-2,16-8-6-5-7-9-16)33-20(22)12-18(28)24(23)27/h5-12,17,30H,13-14H2,1-4H3/t17-,26+/m0/s1.